The van der Waals surface area contributed by atoms with Crippen molar-refractivity contribution >= 4 is 54.6 Å². The first-order valence-corrected chi connectivity index (χ1v) is 16.2. The first kappa shape index (κ1) is 26.7. The van der Waals surface area contributed by atoms with Crippen molar-refractivity contribution in [1.82, 2.24) is 14.5 Å². The third-order valence-electron chi connectivity index (χ3n) is 9.37. The van der Waals surface area contributed by atoms with Gasteiger partial charge in [0.05, 0.1) is 11.0 Å². The molecular weight excluding hydrogens is 587 g/mol. The highest BCUT2D eigenvalue weighted by atomic mass is 16.3. The van der Waals surface area contributed by atoms with Crippen LogP contribution in [0.25, 0.3) is 94.1 Å². The minimum Gasteiger partial charge on any atom is -0.452 e. The molecular formula is C44H27N3O. The van der Waals surface area contributed by atoms with Gasteiger partial charge in [0.1, 0.15) is 16.8 Å². The third-order valence-corrected chi connectivity index (χ3v) is 9.37. The Bertz CT molecular complexity index is 2770. The van der Waals surface area contributed by atoms with Gasteiger partial charge in [0, 0.05) is 21.7 Å². The second-order valence-electron chi connectivity index (χ2n) is 12.2. The molecule has 0 saturated heterocycles. The Kier molecular flexibility index (Phi) is 5.84. The minimum atomic E-state index is 0.608. The van der Waals surface area contributed by atoms with Crippen LogP contribution in [0.2, 0.25) is 0 Å². The summed E-state index contributed by atoms with van der Waals surface area (Å²) in [5.74, 6) is 0.608. The average Bonchev–Trinajstić information content (AvgIpc) is 3.69. The summed E-state index contributed by atoms with van der Waals surface area (Å²) in [6.45, 7) is 0. The molecule has 4 heteroatoms. The fourth-order valence-electron chi connectivity index (χ4n) is 7.10. The van der Waals surface area contributed by atoms with Gasteiger partial charge in [-0.1, -0.05) is 115 Å². The van der Waals surface area contributed by atoms with E-state index in [1.165, 1.54) is 16.2 Å². The maximum absolute atomic E-state index is 6.60. The summed E-state index contributed by atoms with van der Waals surface area (Å²) in [5.41, 5.74) is 10.6. The minimum absolute atomic E-state index is 0.608. The Morgan fingerprint density at radius 3 is 1.73 bits per heavy atom. The molecule has 0 fully saturated rings. The van der Waals surface area contributed by atoms with Crippen molar-refractivity contribution in [2.45, 2.75) is 0 Å². The molecule has 0 spiro atoms. The van der Waals surface area contributed by atoms with Crippen molar-refractivity contribution in [3.8, 4) is 39.5 Å². The zero-order valence-electron chi connectivity index (χ0n) is 25.8. The van der Waals surface area contributed by atoms with Crippen LogP contribution in [0.3, 0.4) is 0 Å². The maximum Gasteiger partial charge on any atom is 0.236 e. The summed E-state index contributed by atoms with van der Waals surface area (Å²) in [6.07, 6.45) is 0. The first-order chi connectivity index (χ1) is 23.8. The van der Waals surface area contributed by atoms with E-state index in [1.807, 2.05) is 18.2 Å². The van der Waals surface area contributed by atoms with Gasteiger partial charge in [0.25, 0.3) is 0 Å². The standard InChI is InChI=1S/C44H27N3O/c1-3-13-28(14-4-1)32-23-33(29-15-5-2-6-16-29)25-34(24-32)41-43-42(36-20-10-12-22-40(36)48-43)46-44(45-41)47-38-21-11-9-19-35(38)37-26-30-17-7-8-18-31(30)27-39(37)47/h1-27H. The van der Waals surface area contributed by atoms with Crippen molar-refractivity contribution in [3.05, 3.63) is 164 Å². The molecule has 0 N–H and O–H groups in total. The van der Waals surface area contributed by atoms with Crippen LogP contribution in [0.1, 0.15) is 0 Å². The molecule has 48 heavy (non-hydrogen) atoms. The van der Waals surface area contributed by atoms with E-state index in [0.29, 0.717) is 11.5 Å². The molecule has 4 nitrogen and oxygen atoms in total. The van der Waals surface area contributed by atoms with Gasteiger partial charge in [-0.25, -0.2) is 9.97 Å². The summed E-state index contributed by atoms with van der Waals surface area (Å²) in [7, 11) is 0. The van der Waals surface area contributed by atoms with Gasteiger partial charge in [0.2, 0.25) is 5.95 Å². The number of benzene rings is 7. The molecule has 0 aliphatic carbocycles. The molecule has 0 amide bonds. The lowest BCUT2D eigenvalue weighted by atomic mass is 9.95. The Morgan fingerprint density at radius 1 is 0.417 bits per heavy atom. The molecule has 0 aliphatic rings. The largest absolute Gasteiger partial charge is 0.452 e. The Morgan fingerprint density at radius 2 is 1.00 bits per heavy atom. The second kappa shape index (κ2) is 10.5. The summed E-state index contributed by atoms with van der Waals surface area (Å²) in [4.78, 5) is 10.7. The van der Waals surface area contributed by atoms with E-state index in [1.54, 1.807) is 0 Å². The van der Waals surface area contributed by atoms with Gasteiger partial charge in [-0.3, -0.25) is 4.57 Å². The number of para-hydroxylation sites is 2. The van der Waals surface area contributed by atoms with Crippen LogP contribution < -0.4 is 0 Å². The number of aromatic nitrogens is 3. The highest BCUT2D eigenvalue weighted by molar-refractivity contribution is 6.14. The van der Waals surface area contributed by atoms with Crippen molar-refractivity contribution in [2.75, 3.05) is 0 Å². The highest BCUT2D eigenvalue weighted by Gasteiger charge is 2.22. The number of fused-ring (bicyclic) bond motifs is 7. The van der Waals surface area contributed by atoms with E-state index < -0.39 is 0 Å². The summed E-state index contributed by atoms with van der Waals surface area (Å²) < 4.78 is 8.81. The van der Waals surface area contributed by atoms with E-state index in [2.05, 4.69) is 150 Å². The first-order valence-electron chi connectivity index (χ1n) is 16.2. The van der Waals surface area contributed by atoms with E-state index in [0.717, 1.165) is 66.4 Å². The molecule has 0 radical (unpaired) electrons. The monoisotopic (exact) mass is 613 g/mol. The molecule has 10 aromatic rings. The van der Waals surface area contributed by atoms with Gasteiger partial charge < -0.3 is 4.42 Å². The molecule has 0 unspecified atom stereocenters. The quantitative estimate of drug-likeness (QED) is 0.198. The van der Waals surface area contributed by atoms with Crippen LogP contribution in [-0.4, -0.2) is 14.5 Å². The molecule has 0 aliphatic heterocycles. The summed E-state index contributed by atoms with van der Waals surface area (Å²) in [6, 6.07) is 57.4. The van der Waals surface area contributed by atoms with Gasteiger partial charge >= 0.3 is 0 Å². The predicted octanol–water partition coefficient (Wildman–Crippen LogP) is 11.6. The van der Waals surface area contributed by atoms with Crippen LogP contribution in [0.5, 0.6) is 0 Å². The van der Waals surface area contributed by atoms with E-state index in [4.69, 9.17) is 14.4 Å². The van der Waals surface area contributed by atoms with E-state index in [-0.39, 0.29) is 0 Å². The van der Waals surface area contributed by atoms with E-state index in [9.17, 15) is 0 Å². The topological polar surface area (TPSA) is 43.9 Å². The van der Waals surface area contributed by atoms with Crippen LogP contribution >= 0.6 is 0 Å². The molecule has 10 rings (SSSR count). The smallest absolute Gasteiger partial charge is 0.236 e. The van der Waals surface area contributed by atoms with Crippen molar-refractivity contribution < 1.29 is 4.42 Å². The Hall–Kier alpha value is -6.52. The molecule has 0 atom stereocenters. The highest BCUT2D eigenvalue weighted by Crippen LogP contribution is 2.40. The number of nitrogens with zero attached hydrogens (tertiary/aromatic N) is 3. The van der Waals surface area contributed by atoms with Crippen LogP contribution in [0.4, 0.5) is 0 Å². The molecule has 7 aromatic carbocycles. The number of hydrogen-bond acceptors (Lipinski definition) is 3. The lowest BCUT2D eigenvalue weighted by Gasteiger charge is -2.13. The van der Waals surface area contributed by atoms with Gasteiger partial charge in [-0.05, 0) is 81.6 Å². The number of furan rings is 1. The van der Waals surface area contributed by atoms with Crippen LogP contribution in [0.15, 0.2) is 168 Å². The Balaban J connectivity index is 1.32. The van der Waals surface area contributed by atoms with Crippen LogP contribution in [0, 0.1) is 0 Å². The molecule has 3 aromatic heterocycles. The number of rotatable bonds is 4. The Labute approximate surface area is 276 Å². The normalized spacial score (nSPS) is 11.8. The lowest BCUT2D eigenvalue weighted by molar-refractivity contribution is 0.666. The van der Waals surface area contributed by atoms with Crippen LogP contribution in [-0.2, 0) is 0 Å². The van der Waals surface area contributed by atoms with Gasteiger partial charge in [-0.2, -0.15) is 0 Å². The SMILES string of the molecule is c1ccc(-c2cc(-c3ccccc3)cc(-c3nc(-n4c5ccccc5c5cc6ccccc6cc54)nc4c3oc3ccccc34)c2)cc1. The van der Waals surface area contributed by atoms with Gasteiger partial charge in [0.15, 0.2) is 5.58 Å². The zero-order chi connectivity index (χ0) is 31.6. The molecule has 224 valence electrons. The molecule has 0 bridgehead atoms. The third kappa shape index (κ3) is 4.16. The van der Waals surface area contributed by atoms with Crippen molar-refractivity contribution in [1.29, 1.82) is 0 Å². The van der Waals surface area contributed by atoms with E-state index >= 15 is 0 Å². The fourth-order valence-corrected chi connectivity index (χ4v) is 7.10. The zero-order valence-corrected chi connectivity index (χ0v) is 25.8. The molecule has 0 saturated carbocycles. The molecule has 3 heterocycles. The fraction of sp³-hybridized carbons (Fsp3) is 0. The van der Waals surface area contributed by atoms with Crippen molar-refractivity contribution in [2.24, 2.45) is 0 Å². The lowest BCUT2D eigenvalue weighted by Crippen LogP contribution is -2.03. The predicted molar refractivity (Wildman–Crippen MR) is 197 cm³/mol. The maximum atomic E-state index is 6.60. The number of hydrogen-bond donors (Lipinski definition) is 0. The van der Waals surface area contributed by atoms with Crippen molar-refractivity contribution in [3.63, 3.8) is 0 Å². The summed E-state index contributed by atoms with van der Waals surface area (Å²) in [5, 5.41) is 5.68. The summed E-state index contributed by atoms with van der Waals surface area (Å²) >= 11 is 0. The average molecular weight is 614 g/mol. The second-order valence-corrected chi connectivity index (χ2v) is 12.2. The van der Waals surface area contributed by atoms with Gasteiger partial charge in [-0.15, -0.1) is 0 Å².